The molecule has 2 aromatic carbocycles. The second-order valence-corrected chi connectivity index (χ2v) is 12.0. The van der Waals surface area contributed by atoms with Crippen molar-refractivity contribution in [3.8, 4) is 0 Å². The van der Waals surface area contributed by atoms with Crippen molar-refractivity contribution in [2.75, 3.05) is 45.9 Å². The molecule has 0 saturated heterocycles. The number of aliphatic hydroxyl groups excluding tert-OH is 1. The lowest BCUT2D eigenvalue weighted by molar-refractivity contribution is 0.241. The van der Waals surface area contributed by atoms with Crippen molar-refractivity contribution < 1.29 is 5.11 Å². The van der Waals surface area contributed by atoms with E-state index in [-0.39, 0.29) is 12.6 Å². The molecule has 0 amide bonds. The van der Waals surface area contributed by atoms with E-state index in [1.54, 1.807) is 0 Å². The second-order valence-electron chi connectivity index (χ2n) is 11.6. The quantitative estimate of drug-likeness (QED) is 0.141. The zero-order chi connectivity index (χ0) is 30.8. The largest absolute Gasteiger partial charge is 0.395 e. The number of halogens is 1. The summed E-state index contributed by atoms with van der Waals surface area (Å²) in [5.74, 6) is 0.508. The molecule has 0 bridgehead atoms. The van der Waals surface area contributed by atoms with E-state index in [0.717, 1.165) is 69.2 Å². The van der Waals surface area contributed by atoms with Gasteiger partial charge in [-0.25, -0.2) is 0 Å². The number of nitrogens with zero attached hydrogens (tertiary/aromatic N) is 1. The summed E-state index contributed by atoms with van der Waals surface area (Å²) >= 11 is 6.02. The minimum absolute atomic E-state index is 0.00457. The van der Waals surface area contributed by atoms with Gasteiger partial charge in [0, 0.05) is 63.4 Å². The number of rotatable bonds is 19. The molecular weight excluding hydrogens is 566 g/mol. The van der Waals surface area contributed by atoms with Crippen LogP contribution >= 0.6 is 11.6 Å². The van der Waals surface area contributed by atoms with Crippen LogP contribution in [0.3, 0.4) is 0 Å². The summed E-state index contributed by atoms with van der Waals surface area (Å²) in [4.78, 5) is 2.53. The zero-order valence-electron chi connectivity index (χ0n) is 26.1. The first-order valence-corrected chi connectivity index (χ1v) is 16.4. The molecule has 1 heterocycles. The Labute approximate surface area is 269 Å². The summed E-state index contributed by atoms with van der Waals surface area (Å²) < 4.78 is 0. The maximum Gasteiger partial charge on any atom is 0.0587 e. The van der Waals surface area contributed by atoms with Crippen molar-refractivity contribution in [1.82, 2.24) is 26.2 Å². The Morgan fingerprint density at radius 1 is 0.841 bits per heavy atom. The molecule has 0 spiro atoms. The molecule has 1 aliphatic carbocycles. The third kappa shape index (κ3) is 12.2. The van der Waals surface area contributed by atoms with E-state index >= 15 is 0 Å². The van der Waals surface area contributed by atoms with Gasteiger partial charge in [0.15, 0.2) is 0 Å². The highest BCUT2D eigenvalue weighted by Crippen LogP contribution is 2.18. The van der Waals surface area contributed by atoms with Crippen LogP contribution in [0.25, 0.3) is 0 Å². The molecule has 0 aromatic heterocycles. The minimum atomic E-state index is -0.00457. The van der Waals surface area contributed by atoms with Gasteiger partial charge in [-0.3, -0.25) is 4.90 Å². The fourth-order valence-electron chi connectivity index (χ4n) is 5.52. The number of hydrogen-bond donors (Lipinski definition) is 5. The molecule has 0 fully saturated rings. The van der Waals surface area contributed by atoms with Gasteiger partial charge >= 0.3 is 0 Å². The summed E-state index contributed by atoms with van der Waals surface area (Å²) in [6.07, 6.45) is 21.2. The highest BCUT2D eigenvalue weighted by molar-refractivity contribution is 6.30. The Morgan fingerprint density at radius 2 is 1.57 bits per heavy atom. The summed E-state index contributed by atoms with van der Waals surface area (Å²) in [6.45, 7) is 9.63. The van der Waals surface area contributed by atoms with Crippen LogP contribution in [0, 0.1) is 5.92 Å². The molecule has 7 heteroatoms. The van der Waals surface area contributed by atoms with Crippen molar-refractivity contribution in [3.63, 3.8) is 0 Å². The van der Waals surface area contributed by atoms with Gasteiger partial charge in [0.05, 0.1) is 12.6 Å². The predicted octanol–water partition coefficient (Wildman–Crippen LogP) is 5.13. The van der Waals surface area contributed by atoms with E-state index in [9.17, 15) is 5.11 Å². The first-order valence-electron chi connectivity index (χ1n) is 16.1. The molecule has 3 atom stereocenters. The number of allylic oxidation sites excluding steroid dienone is 7. The lowest BCUT2D eigenvalue weighted by Gasteiger charge is -2.24. The van der Waals surface area contributed by atoms with Crippen LogP contribution in [0.15, 0.2) is 109 Å². The standard InChI is InChI=1S/C37H50ClN5O/c1-2-33-8-4-3-5-9-34(33)26-39-20-22-43(23-21-40-27-36-10-6-7-19-41-36)28-32-13-11-31(12-14-32)25-42-37(29-44)24-30-15-17-35(38)18-16-30/h3-19,33,36-37,39-42,44H,2,20-29H2,1H3. The Balaban J connectivity index is 1.26. The van der Waals surface area contributed by atoms with Gasteiger partial charge in [-0.2, -0.15) is 0 Å². The lowest BCUT2D eigenvalue weighted by Crippen LogP contribution is -2.40. The van der Waals surface area contributed by atoms with Crippen LogP contribution in [-0.2, 0) is 19.5 Å². The topological polar surface area (TPSA) is 71.6 Å². The van der Waals surface area contributed by atoms with Crippen molar-refractivity contribution >= 4 is 11.6 Å². The first-order chi connectivity index (χ1) is 21.6. The van der Waals surface area contributed by atoms with Gasteiger partial charge in [0.1, 0.15) is 0 Å². The molecule has 2 aromatic rings. The molecule has 4 rings (SSSR count). The van der Waals surface area contributed by atoms with Crippen LogP contribution < -0.4 is 21.3 Å². The van der Waals surface area contributed by atoms with Crippen LogP contribution in [0.1, 0.15) is 30.0 Å². The SMILES string of the molecule is CCC1C=CC=CC=C1CNCCN(CCNCC1C=CC=CN1)Cc1ccc(CNC(CO)Cc2ccc(Cl)cc2)cc1. The van der Waals surface area contributed by atoms with Crippen molar-refractivity contribution in [2.24, 2.45) is 5.92 Å². The highest BCUT2D eigenvalue weighted by atomic mass is 35.5. The number of benzene rings is 2. The van der Waals surface area contributed by atoms with Gasteiger partial charge in [-0.1, -0.05) is 97.5 Å². The van der Waals surface area contributed by atoms with E-state index in [4.69, 9.17) is 11.6 Å². The van der Waals surface area contributed by atoms with Gasteiger partial charge in [-0.15, -0.1) is 0 Å². The predicted molar refractivity (Wildman–Crippen MR) is 186 cm³/mol. The molecule has 44 heavy (non-hydrogen) atoms. The van der Waals surface area contributed by atoms with Crippen LogP contribution in [0.5, 0.6) is 0 Å². The average Bonchev–Trinajstić information content (AvgIpc) is 3.30. The molecule has 0 saturated carbocycles. The van der Waals surface area contributed by atoms with E-state index in [1.807, 2.05) is 36.5 Å². The van der Waals surface area contributed by atoms with E-state index < -0.39 is 0 Å². The monoisotopic (exact) mass is 615 g/mol. The normalized spacial score (nSPS) is 18.3. The Bertz CT molecular complexity index is 1250. The van der Waals surface area contributed by atoms with E-state index in [1.165, 1.54) is 16.7 Å². The summed E-state index contributed by atoms with van der Waals surface area (Å²) in [5.41, 5.74) is 5.14. The van der Waals surface area contributed by atoms with Crippen LogP contribution in [0.4, 0.5) is 0 Å². The van der Waals surface area contributed by atoms with Gasteiger partial charge < -0.3 is 26.4 Å². The van der Waals surface area contributed by atoms with Gasteiger partial charge in [0.2, 0.25) is 0 Å². The summed E-state index contributed by atoms with van der Waals surface area (Å²) in [7, 11) is 0. The first kappa shape index (κ1) is 33.9. The molecule has 5 N–H and O–H groups in total. The summed E-state index contributed by atoms with van der Waals surface area (Å²) in [5, 5.41) is 24.9. The highest BCUT2D eigenvalue weighted by Gasteiger charge is 2.12. The van der Waals surface area contributed by atoms with E-state index in [2.05, 4.69) is 99.9 Å². The molecule has 2 aliphatic rings. The number of aliphatic hydroxyl groups is 1. The second kappa shape index (κ2) is 19.4. The van der Waals surface area contributed by atoms with E-state index in [0.29, 0.717) is 18.5 Å². The Hall–Kier alpha value is -2.97. The maximum absolute atomic E-state index is 9.90. The zero-order valence-corrected chi connectivity index (χ0v) is 26.9. The molecule has 236 valence electrons. The van der Waals surface area contributed by atoms with Crippen molar-refractivity contribution in [3.05, 3.63) is 131 Å². The Morgan fingerprint density at radius 3 is 2.30 bits per heavy atom. The molecule has 6 nitrogen and oxygen atoms in total. The third-order valence-corrected chi connectivity index (χ3v) is 8.45. The fraction of sp³-hybridized carbons (Fsp3) is 0.405. The van der Waals surface area contributed by atoms with Crippen LogP contribution in [-0.4, -0.2) is 68.0 Å². The van der Waals surface area contributed by atoms with Crippen LogP contribution in [0.2, 0.25) is 5.02 Å². The van der Waals surface area contributed by atoms with Crippen molar-refractivity contribution in [2.45, 2.75) is 44.9 Å². The van der Waals surface area contributed by atoms with Gasteiger partial charge in [-0.05, 0) is 65.4 Å². The number of dihydropyridines is 1. The number of nitrogens with one attached hydrogen (secondary N) is 4. The maximum atomic E-state index is 9.90. The lowest BCUT2D eigenvalue weighted by atomic mass is 9.96. The molecule has 1 aliphatic heterocycles. The average molecular weight is 616 g/mol. The van der Waals surface area contributed by atoms with Gasteiger partial charge in [0.25, 0.3) is 0 Å². The summed E-state index contributed by atoms with van der Waals surface area (Å²) in [6, 6.07) is 17.0. The molecular formula is C37H50ClN5O. The third-order valence-electron chi connectivity index (χ3n) is 8.20. The smallest absolute Gasteiger partial charge is 0.0587 e. The van der Waals surface area contributed by atoms with Crippen molar-refractivity contribution in [1.29, 1.82) is 0 Å². The molecule has 3 unspecified atom stereocenters. The molecule has 0 radical (unpaired) electrons. The fourth-order valence-corrected chi connectivity index (χ4v) is 5.64. The Kier molecular flexibility index (Phi) is 15.0. The minimum Gasteiger partial charge on any atom is -0.395 e. The number of hydrogen-bond acceptors (Lipinski definition) is 6.